The van der Waals surface area contributed by atoms with Crippen LogP contribution in [0, 0.1) is 11.6 Å². The van der Waals surface area contributed by atoms with Crippen LogP contribution < -0.4 is 5.32 Å². The third-order valence-corrected chi connectivity index (χ3v) is 6.16. The number of hydrogen-bond donors (Lipinski definition) is 1. The SMILES string of the molecule is CC(C)(C)OC(=O)N1C[C@@H]2CNCCN2[C@H](C(c2ccc(F)cc2)c2ccc(F)cc2)C1. The van der Waals surface area contributed by atoms with Crippen molar-refractivity contribution in [1.82, 2.24) is 15.1 Å². The molecule has 0 unspecified atom stereocenters. The van der Waals surface area contributed by atoms with Crippen molar-refractivity contribution in [1.29, 1.82) is 0 Å². The highest BCUT2D eigenvalue weighted by molar-refractivity contribution is 5.68. The molecule has 1 amide bonds. The smallest absolute Gasteiger partial charge is 0.410 e. The standard InChI is InChI=1S/C25H31F2N3O2/c1-25(2,3)32-24(31)29-15-21-14-28-12-13-30(21)22(16-29)23(17-4-8-19(26)9-5-17)18-6-10-20(27)11-7-18/h4-11,21-23,28H,12-16H2,1-3H3/t21-,22-/m0/s1. The molecule has 0 saturated carbocycles. The van der Waals surface area contributed by atoms with Crippen LogP contribution in [0.2, 0.25) is 0 Å². The number of amides is 1. The monoisotopic (exact) mass is 443 g/mol. The molecule has 2 saturated heterocycles. The number of hydrogen-bond acceptors (Lipinski definition) is 4. The van der Waals surface area contributed by atoms with Crippen molar-refractivity contribution in [2.45, 2.75) is 44.4 Å². The average molecular weight is 444 g/mol. The minimum absolute atomic E-state index is 0.0562. The highest BCUT2D eigenvalue weighted by Gasteiger charge is 2.43. The second kappa shape index (κ2) is 9.16. The Morgan fingerprint density at radius 3 is 2.09 bits per heavy atom. The largest absolute Gasteiger partial charge is 0.444 e. The van der Waals surface area contributed by atoms with Gasteiger partial charge in [0.15, 0.2) is 0 Å². The minimum Gasteiger partial charge on any atom is -0.444 e. The molecule has 2 aromatic carbocycles. The van der Waals surface area contributed by atoms with Crippen LogP contribution in [0.3, 0.4) is 0 Å². The molecule has 7 heteroatoms. The zero-order chi connectivity index (χ0) is 22.9. The van der Waals surface area contributed by atoms with Gasteiger partial charge in [-0.2, -0.15) is 0 Å². The first-order valence-electron chi connectivity index (χ1n) is 11.2. The first kappa shape index (κ1) is 22.7. The molecular weight excluding hydrogens is 412 g/mol. The van der Waals surface area contributed by atoms with Crippen molar-refractivity contribution < 1.29 is 18.3 Å². The predicted molar refractivity (Wildman–Crippen MR) is 120 cm³/mol. The number of benzene rings is 2. The first-order chi connectivity index (χ1) is 15.2. The molecule has 2 aromatic rings. The number of nitrogens with zero attached hydrogens (tertiary/aromatic N) is 2. The van der Waals surface area contributed by atoms with Gasteiger partial charge in [0, 0.05) is 50.7 Å². The van der Waals surface area contributed by atoms with Crippen molar-refractivity contribution in [3.05, 3.63) is 71.3 Å². The lowest BCUT2D eigenvalue weighted by molar-refractivity contribution is -0.0228. The van der Waals surface area contributed by atoms with Gasteiger partial charge in [0.25, 0.3) is 0 Å². The second-order valence-corrected chi connectivity index (χ2v) is 9.63. The van der Waals surface area contributed by atoms with Crippen LogP contribution in [0.4, 0.5) is 13.6 Å². The molecule has 2 aliphatic heterocycles. The third-order valence-electron chi connectivity index (χ3n) is 6.16. The lowest BCUT2D eigenvalue weighted by Crippen LogP contribution is -2.67. The Balaban J connectivity index is 1.73. The normalized spacial score (nSPS) is 22.0. The maximum absolute atomic E-state index is 13.7. The topological polar surface area (TPSA) is 44.8 Å². The van der Waals surface area contributed by atoms with Gasteiger partial charge >= 0.3 is 6.09 Å². The van der Waals surface area contributed by atoms with Crippen molar-refractivity contribution >= 4 is 6.09 Å². The highest BCUT2D eigenvalue weighted by atomic mass is 19.1. The fraction of sp³-hybridized carbons (Fsp3) is 0.480. The van der Waals surface area contributed by atoms with Crippen LogP contribution in [0.15, 0.2) is 48.5 Å². The maximum Gasteiger partial charge on any atom is 0.410 e. The van der Waals surface area contributed by atoms with E-state index in [1.807, 2.05) is 20.8 Å². The Kier molecular flexibility index (Phi) is 6.49. The molecule has 0 bridgehead atoms. The van der Waals surface area contributed by atoms with E-state index in [4.69, 9.17) is 4.74 Å². The quantitative estimate of drug-likeness (QED) is 0.779. The van der Waals surface area contributed by atoms with Crippen molar-refractivity contribution in [3.8, 4) is 0 Å². The van der Waals surface area contributed by atoms with E-state index in [1.54, 1.807) is 29.2 Å². The summed E-state index contributed by atoms with van der Waals surface area (Å²) in [6.45, 7) is 9.12. The van der Waals surface area contributed by atoms with E-state index in [-0.39, 0.29) is 35.7 Å². The number of ether oxygens (including phenoxy) is 1. The van der Waals surface area contributed by atoms with Gasteiger partial charge in [0.1, 0.15) is 17.2 Å². The Morgan fingerprint density at radius 1 is 1.00 bits per heavy atom. The molecule has 0 aromatic heterocycles. The van der Waals surface area contributed by atoms with Crippen molar-refractivity contribution in [2.24, 2.45) is 0 Å². The zero-order valence-corrected chi connectivity index (χ0v) is 18.9. The summed E-state index contributed by atoms with van der Waals surface area (Å²) in [4.78, 5) is 17.2. The average Bonchev–Trinajstić information content (AvgIpc) is 2.75. The van der Waals surface area contributed by atoms with Gasteiger partial charge in [0.2, 0.25) is 0 Å². The summed E-state index contributed by atoms with van der Waals surface area (Å²) in [5.41, 5.74) is 1.29. The lowest BCUT2D eigenvalue weighted by atomic mass is 9.82. The lowest BCUT2D eigenvalue weighted by Gasteiger charge is -2.51. The number of piperazine rings is 2. The van der Waals surface area contributed by atoms with Crippen LogP contribution in [0.1, 0.15) is 37.8 Å². The summed E-state index contributed by atoms with van der Waals surface area (Å²) >= 11 is 0. The van der Waals surface area contributed by atoms with Gasteiger partial charge < -0.3 is 15.0 Å². The van der Waals surface area contributed by atoms with Gasteiger partial charge in [0.05, 0.1) is 0 Å². The van der Waals surface area contributed by atoms with Crippen molar-refractivity contribution in [3.63, 3.8) is 0 Å². The summed E-state index contributed by atoms with van der Waals surface area (Å²) in [6, 6.07) is 13.0. The second-order valence-electron chi connectivity index (χ2n) is 9.63. The Labute approximate surface area is 188 Å². The summed E-state index contributed by atoms with van der Waals surface area (Å²) in [5.74, 6) is -0.751. The van der Waals surface area contributed by atoms with Crippen LogP contribution in [-0.4, -0.2) is 66.3 Å². The molecule has 172 valence electrons. The number of fused-ring (bicyclic) bond motifs is 1. The van der Waals surface area contributed by atoms with Gasteiger partial charge in [-0.3, -0.25) is 4.90 Å². The van der Waals surface area contributed by atoms with Crippen LogP contribution in [-0.2, 0) is 4.74 Å². The Morgan fingerprint density at radius 2 is 1.56 bits per heavy atom. The molecule has 5 nitrogen and oxygen atoms in total. The maximum atomic E-state index is 13.7. The number of nitrogens with one attached hydrogen (secondary N) is 1. The van der Waals surface area contributed by atoms with E-state index < -0.39 is 5.60 Å². The number of rotatable bonds is 3. The molecule has 0 aliphatic carbocycles. The van der Waals surface area contributed by atoms with E-state index >= 15 is 0 Å². The molecule has 1 N–H and O–H groups in total. The predicted octanol–water partition coefficient (Wildman–Crippen LogP) is 3.99. The summed E-state index contributed by atoms with van der Waals surface area (Å²) in [6.07, 6.45) is -0.329. The zero-order valence-electron chi connectivity index (χ0n) is 18.9. The Hall–Kier alpha value is -2.51. The van der Waals surface area contributed by atoms with E-state index in [0.717, 1.165) is 30.8 Å². The molecule has 0 radical (unpaired) electrons. The summed E-state index contributed by atoms with van der Waals surface area (Å²) in [5, 5.41) is 3.43. The number of carbonyl (C=O) groups is 1. The first-order valence-corrected chi connectivity index (χ1v) is 11.2. The molecular formula is C25H31F2N3O2. The van der Waals surface area contributed by atoms with Gasteiger partial charge in [-0.15, -0.1) is 0 Å². The fourth-order valence-corrected chi connectivity index (χ4v) is 4.79. The molecule has 2 fully saturated rings. The Bertz CT molecular complexity index is 882. The molecule has 2 aliphatic rings. The van der Waals surface area contributed by atoms with Crippen LogP contribution in [0.5, 0.6) is 0 Å². The fourth-order valence-electron chi connectivity index (χ4n) is 4.79. The van der Waals surface area contributed by atoms with E-state index in [9.17, 15) is 13.6 Å². The molecule has 4 rings (SSSR count). The van der Waals surface area contributed by atoms with E-state index in [0.29, 0.717) is 13.1 Å². The molecule has 32 heavy (non-hydrogen) atoms. The van der Waals surface area contributed by atoms with Crippen LogP contribution >= 0.6 is 0 Å². The van der Waals surface area contributed by atoms with Gasteiger partial charge in [-0.25, -0.2) is 13.6 Å². The third kappa shape index (κ3) is 5.10. The number of halogens is 2. The van der Waals surface area contributed by atoms with E-state index in [2.05, 4.69) is 10.2 Å². The summed E-state index contributed by atoms with van der Waals surface area (Å²) < 4.78 is 33.1. The minimum atomic E-state index is -0.582. The molecule has 2 atom stereocenters. The number of carbonyl (C=O) groups excluding carboxylic acids is 1. The molecule has 0 spiro atoms. The van der Waals surface area contributed by atoms with Crippen molar-refractivity contribution in [2.75, 3.05) is 32.7 Å². The van der Waals surface area contributed by atoms with Gasteiger partial charge in [-0.05, 0) is 56.2 Å². The summed E-state index contributed by atoms with van der Waals surface area (Å²) in [7, 11) is 0. The van der Waals surface area contributed by atoms with Crippen LogP contribution in [0.25, 0.3) is 0 Å². The molecule has 2 heterocycles. The van der Waals surface area contributed by atoms with Gasteiger partial charge in [-0.1, -0.05) is 24.3 Å². The van der Waals surface area contributed by atoms with E-state index in [1.165, 1.54) is 24.3 Å². The highest BCUT2D eigenvalue weighted by Crippen LogP contribution is 2.35.